The van der Waals surface area contributed by atoms with Gasteiger partial charge in [-0.05, 0) is 39.0 Å². The first-order chi connectivity index (χ1) is 17.7. The maximum absolute atomic E-state index is 13.8. The van der Waals surface area contributed by atoms with Crippen LogP contribution in [0.25, 0.3) is 11.3 Å². The van der Waals surface area contributed by atoms with Gasteiger partial charge in [-0.3, -0.25) is 14.4 Å². The van der Waals surface area contributed by atoms with Gasteiger partial charge in [-0.25, -0.2) is 0 Å². The number of rotatable bonds is 12. The van der Waals surface area contributed by atoms with Crippen molar-refractivity contribution in [3.63, 3.8) is 0 Å². The van der Waals surface area contributed by atoms with E-state index in [1.807, 2.05) is 44.2 Å². The third kappa shape index (κ3) is 7.45. The predicted molar refractivity (Wildman–Crippen MR) is 146 cm³/mol. The second-order valence-electron chi connectivity index (χ2n) is 10.5. The molecule has 0 bridgehead atoms. The molecule has 1 aromatic heterocycles. The number of aromatic nitrogens is 2. The molecule has 0 aliphatic heterocycles. The van der Waals surface area contributed by atoms with Crippen LogP contribution >= 0.6 is 11.5 Å². The van der Waals surface area contributed by atoms with Gasteiger partial charge in [0, 0.05) is 36.5 Å². The lowest BCUT2D eigenvalue weighted by Gasteiger charge is -2.35. The van der Waals surface area contributed by atoms with Crippen molar-refractivity contribution in [3.8, 4) is 11.3 Å². The molecule has 37 heavy (non-hydrogen) atoms. The predicted octanol–water partition coefficient (Wildman–Crippen LogP) is 5.26. The van der Waals surface area contributed by atoms with Crippen LogP contribution in [0.3, 0.4) is 0 Å². The molecule has 1 heterocycles. The fourth-order valence-corrected chi connectivity index (χ4v) is 5.39. The van der Waals surface area contributed by atoms with Crippen LogP contribution in [0.1, 0.15) is 72.6 Å². The zero-order valence-corrected chi connectivity index (χ0v) is 23.4. The molecule has 8 nitrogen and oxygen atoms in total. The molecule has 0 radical (unpaired) electrons. The van der Waals surface area contributed by atoms with Crippen molar-refractivity contribution in [3.05, 3.63) is 30.3 Å². The Morgan fingerprint density at radius 1 is 1.11 bits per heavy atom. The van der Waals surface area contributed by atoms with Crippen LogP contribution in [0.4, 0.5) is 5.00 Å². The maximum atomic E-state index is 13.8. The standard InChI is InChI=1S/C28H40N4O4S/c1-6-18(2)25(34)29-23(19-13-9-7-10-14-19)22(33)17-21(28(3,4)36-5)26(35)30-27-24(31-32-37-27)20-15-11-8-12-16-20/h8,11-12,15-16,18-19,21,23H,6-7,9-10,13-14,17H2,1-5H3,(H,29,34)(H,30,35)/t18-,21-,23+/m1/s1. The largest absolute Gasteiger partial charge is 0.378 e. The number of hydrogen-bond donors (Lipinski definition) is 2. The van der Waals surface area contributed by atoms with E-state index in [1.54, 1.807) is 13.8 Å². The van der Waals surface area contributed by atoms with Crippen molar-refractivity contribution in [1.82, 2.24) is 14.9 Å². The SMILES string of the molecule is CC[C@@H](C)C(=O)N[C@H](C(=O)C[C@H](C(=O)Nc1snnc1-c1ccccc1)C(C)(C)OC)C1CCCCC1. The molecular weight excluding hydrogens is 488 g/mol. The zero-order chi connectivity index (χ0) is 27.0. The van der Waals surface area contributed by atoms with Gasteiger partial charge in [-0.2, -0.15) is 0 Å². The molecular formula is C28H40N4O4S. The molecule has 202 valence electrons. The second kappa shape index (κ2) is 13.2. The van der Waals surface area contributed by atoms with Crippen molar-refractivity contribution >= 4 is 34.1 Å². The van der Waals surface area contributed by atoms with Crippen molar-refractivity contribution in [1.29, 1.82) is 0 Å². The van der Waals surface area contributed by atoms with Gasteiger partial charge in [0.1, 0.15) is 10.7 Å². The number of anilines is 1. The number of amides is 2. The smallest absolute Gasteiger partial charge is 0.231 e. The molecule has 0 saturated heterocycles. The summed E-state index contributed by atoms with van der Waals surface area (Å²) in [5.74, 6) is -1.44. The highest BCUT2D eigenvalue weighted by Gasteiger charge is 2.41. The molecule has 3 atom stereocenters. The minimum absolute atomic E-state index is 0.0402. The number of methoxy groups -OCH3 is 1. The Morgan fingerprint density at radius 2 is 1.78 bits per heavy atom. The molecule has 0 unspecified atom stereocenters. The third-order valence-electron chi connectivity index (χ3n) is 7.68. The highest BCUT2D eigenvalue weighted by Crippen LogP contribution is 2.33. The first kappa shape index (κ1) is 28.9. The van der Waals surface area contributed by atoms with Crippen molar-refractivity contribution in [2.75, 3.05) is 12.4 Å². The average molecular weight is 529 g/mol. The van der Waals surface area contributed by atoms with E-state index >= 15 is 0 Å². The van der Waals surface area contributed by atoms with Gasteiger partial charge in [0.15, 0.2) is 5.78 Å². The van der Waals surface area contributed by atoms with Crippen LogP contribution < -0.4 is 10.6 Å². The Balaban J connectivity index is 1.83. The van der Waals surface area contributed by atoms with E-state index in [4.69, 9.17) is 4.74 Å². The van der Waals surface area contributed by atoms with Crippen LogP contribution in [0.5, 0.6) is 0 Å². The Bertz CT molecular complexity index is 1050. The van der Waals surface area contributed by atoms with E-state index in [2.05, 4.69) is 20.2 Å². The maximum Gasteiger partial charge on any atom is 0.231 e. The molecule has 1 aliphatic carbocycles. The summed E-state index contributed by atoms with van der Waals surface area (Å²) in [6.45, 7) is 7.44. The molecule has 2 amide bonds. The molecule has 3 rings (SSSR count). The number of carbonyl (C=O) groups is 3. The molecule has 9 heteroatoms. The number of ketones is 1. The Morgan fingerprint density at radius 3 is 2.41 bits per heavy atom. The van der Waals surface area contributed by atoms with Crippen LogP contribution in [-0.4, -0.2) is 45.9 Å². The molecule has 2 N–H and O–H groups in total. The molecule has 1 aromatic carbocycles. The lowest BCUT2D eigenvalue weighted by Crippen LogP contribution is -2.51. The first-order valence-corrected chi connectivity index (χ1v) is 14.0. The number of benzene rings is 1. The number of nitrogens with zero attached hydrogens (tertiary/aromatic N) is 2. The molecule has 1 fully saturated rings. The lowest BCUT2D eigenvalue weighted by atomic mass is 9.78. The molecule has 1 saturated carbocycles. The fourth-order valence-electron chi connectivity index (χ4n) is 4.79. The van der Waals surface area contributed by atoms with E-state index in [0.717, 1.165) is 49.2 Å². The summed E-state index contributed by atoms with van der Waals surface area (Å²) in [6, 6.07) is 8.91. The van der Waals surface area contributed by atoms with Gasteiger partial charge in [0.05, 0.1) is 17.6 Å². The summed E-state index contributed by atoms with van der Waals surface area (Å²) in [7, 11) is 1.54. The highest BCUT2D eigenvalue weighted by atomic mass is 32.1. The Kier molecular flexibility index (Phi) is 10.3. The van der Waals surface area contributed by atoms with Crippen molar-refractivity contribution < 1.29 is 19.1 Å². The van der Waals surface area contributed by atoms with Gasteiger partial charge >= 0.3 is 0 Å². The summed E-state index contributed by atoms with van der Waals surface area (Å²) in [5, 5.41) is 10.7. The Labute approximate surface area is 224 Å². The van der Waals surface area contributed by atoms with E-state index in [0.29, 0.717) is 17.1 Å². The second-order valence-corrected chi connectivity index (χ2v) is 11.3. The van der Waals surface area contributed by atoms with Crippen LogP contribution in [0.15, 0.2) is 30.3 Å². The number of carbonyl (C=O) groups excluding carboxylic acids is 3. The number of Topliss-reactive ketones (excluding diaryl/α,β-unsaturated/α-hetero) is 1. The summed E-state index contributed by atoms with van der Waals surface area (Å²) in [6.07, 6.45) is 5.69. The summed E-state index contributed by atoms with van der Waals surface area (Å²) < 4.78 is 9.72. The van der Waals surface area contributed by atoms with Gasteiger partial charge in [0.25, 0.3) is 0 Å². The quantitative estimate of drug-likeness (QED) is 0.389. The minimum Gasteiger partial charge on any atom is -0.378 e. The topological polar surface area (TPSA) is 110 Å². The van der Waals surface area contributed by atoms with Crippen molar-refractivity contribution in [2.45, 2.75) is 84.3 Å². The third-order valence-corrected chi connectivity index (χ3v) is 8.33. The fraction of sp³-hybridized carbons (Fsp3) is 0.607. The first-order valence-electron chi connectivity index (χ1n) is 13.2. The van der Waals surface area contributed by atoms with Crippen molar-refractivity contribution in [2.24, 2.45) is 17.8 Å². The van der Waals surface area contributed by atoms with Crippen LogP contribution in [0.2, 0.25) is 0 Å². The summed E-state index contributed by atoms with van der Waals surface area (Å²) in [4.78, 5) is 40.2. The zero-order valence-electron chi connectivity index (χ0n) is 22.6. The average Bonchev–Trinajstić information content (AvgIpc) is 3.38. The number of hydrogen-bond acceptors (Lipinski definition) is 7. The lowest BCUT2D eigenvalue weighted by molar-refractivity contribution is -0.138. The normalized spacial score (nSPS) is 17.0. The van der Waals surface area contributed by atoms with E-state index in [9.17, 15) is 14.4 Å². The van der Waals surface area contributed by atoms with Gasteiger partial charge in [0.2, 0.25) is 11.8 Å². The van der Waals surface area contributed by atoms with Crippen LogP contribution in [-0.2, 0) is 19.1 Å². The van der Waals surface area contributed by atoms with Gasteiger partial charge in [-0.1, -0.05) is 67.9 Å². The van der Waals surface area contributed by atoms with E-state index < -0.39 is 17.6 Å². The van der Waals surface area contributed by atoms with E-state index in [1.165, 1.54) is 7.11 Å². The number of nitrogens with one attached hydrogen (secondary N) is 2. The molecule has 1 aliphatic rings. The van der Waals surface area contributed by atoms with Gasteiger partial charge < -0.3 is 15.4 Å². The Hall–Kier alpha value is -2.65. The highest BCUT2D eigenvalue weighted by molar-refractivity contribution is 7.10. The van der Waals surface area contributed by atoms with Gasteiger partial charge in [-0.15, -0.1) is 5.10 Å². The molecule has 2 aromatic rings. The minimum atomic E-state index is -0.914. The molecule has 0 spiro atoms. The number of ether oxygens (including phenoxy) is 1. The summed E-state index contributed by atoms with van der Waals surface area (Å²) >= 11 is 1.09. The van der Waals surface area contributed by atoms with Crippen LogP contribution in [0, 0.1) is 17.8 Å². The monoisotopic (exact) mass is 528 g/mol. The summed E-state index contributed by atoms with van der Waals surface area (Å²) in [5.41, 5.74) is 0.512. The van der Waals surface area contributed by atoms with E-state index in [-0.39, 0.29) is 35.9 Å².